The van der Waals surface area contributed by atoms with Crippen LogP contribution < -0.4 is 0 Å². The second-order valence-electron chi connectivity index (χ2n) is 3.53. The molecule has 0 radical (unpaired) electrons. The van der Waals surface area contributed by atoms with Crippen LogP contribution in [0.15, 0.2) is 18.2 Å². The van der Waals surface area contributed by atoms with Crippen molar-refractivity contribution in [1.82, 2.24) is 0 Å². The van der Waals surface area contributed by atoms with Crippen LogP contribution in [0.4, 0.5) is 4.39 Å². The number of alkyl halides is 1. The Morgan fingerprint density at radius 1 is 1.46 bits per heavy atom. The van der Waals surface area contributed by atoms with E-state index >= 15 is 0 Å². The van der Waals surface area contributed by atoms with Crippen molar-refractivity contribution in [3.05, 3.63) is 35.1 Å². The second kappa shape index (κ2) is 4.75. The number of hydrogen-bond acceptors (Lipinski definition) is 0. The molecule has 0 amide bonds. The molecule has 0 aliphatic rings. The minimum Gasteiger partial charge on any atom is -0.207 e. The lowest BCUT2D eigenvalue weighted by Gasteiger charge is -2.09. The molecule has 2 heteroatoms. The Kier molecular flexibility index (Phi) is 3.91. The fraction of sp³-hybridized carbons (Fsp3) is 0.455. The largest absolute Gasteiger partial charge is 0.207 e. The summed E-state index contributed by atoms with van der Waals surface area (Å²) in [6.07, 6.45) is 1.01. The SMILES string of the molecule is Cc1cc(F)ccc1CC(C)CBr. The molecule has 0 N–H and O–H groups in total. The minimum atomic E-state index is -0.146. The number of rotatable bonds is 3. The van der Waals surface area contributed by atoms with Gasteiger partial charge in [0.1, 0.15) is 5.82 Å². The summed E-state index contributed by atoms with van der Waals surface area (Å²) in [6, 6.07) is 5.00. The predicted octanol–water partition coefficient (Wildman–Crippen LogP) is 3.71. The first-order valence-corrected chi connectivity index (χ1v) is 5.56. The molecule has 0 saturated heterocycles. The molecule has 0 aromatic heterocycles. The normalized spacial score (nSPS) is 12.9. The summed E-state index contributed by atoms with van der Waals surface area (Å²) >= 11 is 3.44. The Hall–Kier alpha value is -0.370. The van der Waals surface area contributed by atoms with E-state index in [9.17, 15) is 4.39 Å². The Balaban J connectivity index is 2.77. The van der Waals surface area contributed by atoms with Crippen molar-refractivity contribution in [1.29, 1.82) is 0 Å². The lowest BCUT2D eigenvalue weighted by molar-refractivity contribution is 0.620. The van der Waals surface area contributed by atoms with Crippen LogP contribution in [0, 0.1) is 18.7 Å². The van der Waals surface area contributed by atoms with Gasteiger partial charge >= 0.3 is 0 Å². The van der Waals surface area contributed by atoms with Crippen molar-refractivity contribution in [3.8, 4) is 0 Å². The van der Waals surface area contributed by atoms with Crippen LogP contribution in [0.5, 0.6) is 0 Å². The smallest absolute Gasteiger partial charge is 0.123 e. The topological polar surface area (TPSA) is 0 Å². The van der Waals surface area contributed by atoms with Crippen molar-refractivity contribution < 1.29 is 4.39 Å². The van der Waals surface area contributed by atoms with Gasteiger partial charge in [-0.05, 0) is 42.5 Å². The summed E-state index contributed by atoms with van der Waals surface area (Å²) < 4.78 is 12.8. The van der Waals surface area contributed by atoms with Gasteiger partial charge < -0.3 is 0 Å². The summed E-state index contributed by atoms with van der Waals surface area (Å²) in [7, 11) is 0. The molecule has 0 aliphatic carbocycles. The average molecular weight is 245 g/mol. The highest BCUT2D eigenvalue weighted by atomic mass is 79.9. The van der Waals surface area contributed by atoms with E-state index in [-0.39, 0.29) is 5.82 Å². The fourth-order valence-electron chi connectivity index (χ4n) is 1.32. The quantitative estimate of drug-likeness (QED) is 0.712. The third-order valence-electron chi connectivity index (χ3n) is 2.14. The summed E-state index contributed by atoms with van der Waals surface area (Å²) in [5.74, 6) is 0.455. The molecule has 1 rings (SSSR count). The molecule has 1 aromatic carbocycles. The van der Waals surface area contributed by atoms with Crippen molar-refractivity contribution in [3.63, 3.8) is 0 Å². The zero-order valence-electron chi connectivity index (χ0n) is 7.98. The van der Waals surface area contributed by atoms with E-state index in [0.717, 1.165) is 17.3 Å². The van der Waals surface area contributed by atoms with E-state index < -0.39 is 0 Å². The van der Waals surface area contributed by atoms with Crippen molar-refractivity contribution in [2.24, 2.45) is 5.92 Å². The molecule has 0 aliphatic heterocycles. The standard InChI is InChI=1S/C11H14BrF/c1-8(7-12)5-10-3-4-11(13)6-9(10)2/h3-4,6,8H,5,7H2,1-2H3. The summed E-state index contributed by atoms with van der Waals surface area (Å²) in [5, 5.41) is 0.990. The molecule has 0 bridgehead atoms. The Bertz CT molecular complexity index is 283. The highest BCUT2D eigenvalue weighted by molar-refractivity contribution is 9.09. The summed E-state index contributed by atoms with van der Waals surface area (Å²) in [5.41, 5.74) is 2.29. The molecule has 0 nitrogen and oxygen atoms in total. The van der Waals surface area contributed by atoms with Crippen LogP contribution in [-0.2, 0) is 6.42 Å². The van der Waals surface area contributed by atoms with E-state index in [1.54, 1.807) is 6.07 Å². The maximum Gasteiger partial charge on any atom is 0.123 e. The zero-order valence-corrected chi connectivity index (χ0v) is 9.57. The number of halogens is 2. The Morgan fingerprint density at radius 2 is 2.15 bits per heavy atom. The zero-order chi connectivity index (χ0) is 9.84. The van der Waals surface area contributed by atoms with Gasteiger partial charge in [0.2, 0.25) is 0 Å². The molecule has 72 valence electrons. The van der Waals surface area contributed by atoms with E-state index in [1.807, 2.05) is 13.0 Å². The van der Waals surface area contributed by atoms with Gasteiger partial charge in [-0.15, -0.1) is 0 Å². The minimum absolute atomic E-state index is 0.146. The van der Waals surface area contributed by atoms with Gasteiger partial charge in [0, 0.05) is 5.33 Å². The van der Waals surface area contributed by atoms with E-state index in [4.69, 9.17) is 0 Å². The molecule has 1 aromatic rings. The molecule has 1 unspecified atom stereocenters. The molecule has 0 spiro atoms. The first-order chi connectivity index (χ1) is 6.13. The van der Waals surface area contributed by atoms with Crippen LogP contribution in [0.25, 0.3) is 0 Å². The highest BCUT2D eigenvalue weighted by Crippen LogP contribution is 2.15. The molecule has 0 heterocycles. The van der Waals surface area contributed by atoms with Gasteiger partial charge in [-0.2, -0.15) is 0 Å². The molecule has 0 fully saturated rings. The molecule has 0 saturated carbocycles. The lowest BCUT2D eigenvalue weighted by Crippen LogP contribution is -2.02. The van der Waals surface area contributed by atoms with Gasteiger partial charge in [-0.1, -0.05) is 28.9 Å². The van der Waals surface area contributed by atoms with Crippen LogP contribution >= 0.6 is 15.9 Å². The first-order valence-electron chi connectivity index (χ1n) is 4.44. The Morgan fingerprint density at radius 3 is 2.69 bits per heavy atom. The molecular formula is C11H14BrF. The maximum atomic E-state index is 12.8. The maximum absolute atomic E-state index is 12.8. The second-order valence-corrected chi connectivity index (χ2v) is 4.18. The number of hydrogen-bond donors (Lipinski definition) is 0. The van der Waals surface area contributed by atoms with Crippen LogP contribution in [0.1, 0.15) is 18.1 Å². The predicted molar refractivity (Wildman–Crippen MR) is 57.8 cm³/mol. The number of aryl methyl sites for hydroxylation is 1. The number of benzene rings is 1. The molecule has 13 heavy (non-hydrogen) atoms. The van der Waals surface area contributed by atoms with Crippen molar-refractivity contribution >= 4 is 15.9 Å². The first kappa shape index (κ1) is 10.7. The van der Waals surface area contributed by atoms with Gasteiger partial charge in [0.25, 0.3) is 0 Å². The van der Waals surface area contributed by atoms with Crippen LogP contribution in [0.3, 0.4) is 0 Å². The highest BCUT2D eigenvalue weighted by Gasteiger charge is 2.04. The van der Waals surface area contributed by atoms with Gasteiger partial charge in [0.15, 0.2) is 0 Å². The van der Waals surface area contributed by atoms with E-state index in [0.29, 0.717) is 5.92 Å². The Labute approximate surface area is 87.3 Å². The van der Waals surface area contributed by atoms with E-state index in [2.05, 4.69) is 22.9 Å². The third kappa shape index (κ3) is 3.11. The third-order valence-corrected chi connectivity index (χ3v) is 3.24. The van der Waals surface area contributed by atoms with Crippen molar-refractivity contribution in [2.75, 3.05) is 5.33 Å². The molecular weight excluding hydrogens is 231 g/mol. The van der Waals surface area contributed by atoms with Gasteiger partial charge in [0.05, 0.1) is 0 Å². The molecule has 1 atom stereocenters. The summed E-state index contributed by atoms with van der Waals surface area (Å²) in [4.78, 5) is 0. The van der Waals surface area contributed by atoms with Crippen LogP contribution in [-0.4, -0.2) is 5.33 Å². The van der Waals surface area contributed by atoms with Gasteiger partial charge in [-0.3, -0.25) is 0 Å². The summed E-state index contributed by atoms with van der Waals surface area (Å²) in [6.45, 7) is 4.14. The fourth-order valence-corrected chi connectivity index (χ4v) is 1.55. The van der Waals surface area contributed by atoms with Gasteiger partial charge in [-0.25, -0.2) is 4.39 Å². The van der Waals surface area contributed by atoms with Crippen LogP contribution in [0.2, 0.25) is 0 Å². The van der Waals surface area contributed by atoms with Crippen molar-refractivity contribution in [2.45, 2.75) is 20.3 Å². The average Bonchev–Trinajstić information content (AvgIpc) is 2.09. The monoisotopic (exact) mass is 244 g/mol. The lowest BCUT2D eigenvalue weighted by atomic mass is 9.99. The van der Waals surface area contributed by atoms with E-state index in [1.165, 1.54) is 11.6 Å².